The van der Waals surface area contributed by atoms with Crippen LogP contribution in [0.3, 0.4) is 0 Å². The highest BCUT2D eigenvalue weighted by Gasteiger charge is 2.38. The lowest BCUT2D eigenvalue weighted by Gasteiger charge is -2.20. The number of thiophene rings is 1. The second-order valence-electron chi connectivity index (χ2n) is 5.18. The monoisotopic (exact) mass is 302 g/mol. The molecule has 1 aliphatic carbocycles. The Morgan fingerprint density at radius 2 is 2.16 bits per heavy atom. The Morgan fingerprint density at radius 1 is 1.47 bits per heavy atom. The summed E-state index contributed by atoms with van der Waals surface area (Å²) >= 11 is 1.51. The minimum absolute atomic E-state index is 0.223. The van der Waals surface area contributed by atoms with Gasteiger partial charge in [-0.15, -0.1) is 11.3 Å². The van der Waals surface area contributed by atoms with E-state index in [9.17, 15) is 8.42 Å². The lowest BCUT2D eigenvalue weighted by Crippen LogP contribution is -2.33. The molecule has 1 aliphatic rings. The minimum Gasteiger partial charge on any atom is -0.310 e. The number of nitrogens with one attached hydrogen (secondary N) is 1. The van der Waals surface area contributed by atoms with E-state index in [4.69, 9.17) is 0 Å². The number of hydrogen-bond donors (Lipinski definition) is 1. The van der Waals surface area contributed by atoms with Crippen molar-refractivity contribution in [2.45, 2.75) is 57.1 Å². The quantitative estimate of drug-likeness (QED) is 0.841. The molecule has 19 heavy (non-hydrogen) atoms. The second-order valence-corrected chi connectivity index (χ2v) is 8.04. The Kier molecular flexibility index (Phi) is 4.66. The lowest BCUT2D eigenvalue weighted by molar-refractivity contribution is 0.420. The highest BCUT2D eigenvalue weighted by Crippen LogP contribution is 2.34. The van der Waals surface area contributed by atoms with Gasteiger partial charge in [-0.2, -0.15) is 4.31 Å². The van der Waals surface area contributed by atoms with Crippen molar-refractivity contribution in [2.75, 3.05) is 6.54 Å². The summed E-state index contributed by atoms with van der Waals surface area (Å²) in [5, 5.41) is 5.16. The minimum atomic E-state index is -3.32. The van der Waals surface area contributed by atoms with Crippen LogP contribution in [-0.4, -0.2) is 31.4 Å². The maximum absolute atomic E-state index is 12.7. The zero-order chi connectivity index (χ0) is 14.0. The predicted octanol–water partition coefficient (Wildman–Crippen LogP) is 2.42. The molecule has 4 nitrogen and oxygen atoms in total. The average Bonchev–Trinajstić information content (AvgIpc) is 3.04. The molecule has 0 bridgehead atoms. The Hall–Kier alpha value is -0.430. The van der Waals surface area contributed by atoms with E-state index < -0.39 is 10.0 Å². The zero-order valence-electron chi connectivity index (χ0n) is 11.7. The van der Waals surface area contributed by atoms with Crippen LogP contribution in [0.5, 0.6) is 0 Å². The first-order chi connectivity index (χ1) is 8.96. The molecular formula is C13H22N2O2S2. The molecule has 0 spiro atoms. The smallest absolute Gasteiger partial charge is 0.244 e. The number of sulfonamides is 1. The normalized spacial score (nSPS) is 16.5. The van der Waals surface area contributed by atoms with E-state index >= 15 is 0 Å². The highest BCUT2D eigenvalue weighted by molar-refractivity contribution is 7.89. The molecule has 1 aromatic rings. The molecule has 0 saturated heterocycles. The first kappa shape index (κ1) is 15.0. The second kappa shape index (κ2) is 5.91. The van der Waals surface area contributed by atoms with Crippen LogP contribution < -0.4 is 5.32 Å². The average molecular weight is 302 g/mol. The van der Waals surface area contributed by atoms with Crippen LogP contribution in [0.4, 0.5) is 0 Å². The summed E-state index contributed by atoms with van der Waals surface area (Å²) < 4.78 is 27.0. The van der Waals surface area contributed by atoms with Gasteiger partial charge in [0.05, 0.1) is 4.90 Å². The van der Waals surface area contributed by atoms with Crippen molar-refractivity contribution in [3.63, 3.8) is 0 Å². The van der Waals surface area contributed by atoms with E-state index in [1.54, 1.807) is 10.4 Å². The van der Waals surface area contributed by atoms with Crippen molar-refractivity contribution >= 4 is 21.4 Å². The van der Waals surface area contributed by atoms with Gasteiger partial charge >= 0.3 is 0 Å². The van der Waals surface area contributed by atoms with Gasteiger partial charge < -0.3 is 5.32 Å². The van der Waals surface area contributed by atoms with E-state index in [1.807, 2.05) is 12.3 Å². The predicted molar refractivity (Wildman–Crippen MR) is 78.9 cm³/mol. The van der Waals surface area contributed by atoms with Gasteiger partial charge in [-0.3, -0.25) is 0 Å². The molecule has 0 radical (unpaired) electrons. The van der Waals surface area contributed by atoms with E-state index in [0.717, 1.165) is 17.7 Å². The third kappa shape index (κ3) is 3.37. The van der Waals surface area contributed by atoms with Crippen molar-refractivity contribution in [1.82, 2.24) is 9.62 Å². The van der Waals surface area contributed by atoms with Crippen molar-refractivity contribution < 1.29 is 8.42 Å². The summed E-state index contributed by atoms with van der Waals surface area (Å²) in [6.07, 6.45) is 1.99. The van der Waals surface area contributed by atoms with Gasteiger partial charge in [-0.1, -0.05) is 20.8 Å². The largest absolute Gasteiger partial charge is 0.310 e. The zero-order valence-corrected chi connectivity index (χ0v) is 13.4. The van der Waals surface area contributed by atoms with Crippen LogP contribution in [0, 0.1) is 0 Å². The Morgan fingerprint density at radius 3 is 2.68 bits per heavy atom. The van der Waals surface area contributed by atoms with Gasteiger partial charge in [0, 0.05) is 30.1 Å². The highest BCUT2D eigenvalue weighted by atomic mass is 32.2. The fraction of sp³-hybridized carbons (Fsp3) is 0.692. The molecule has 108 valence electrons. The Labute approximate surface area is 119 Å². The number of nitrogens with zero attached hydrogens (tertiary/aromatic N) is 1. The molecule has 1 heterocycles. The van der Waals surface area contributed by atoms with Gasteiger partial charge in [-0.25, -0.2) is 8.42 Å². The summed E-state index contributed by atoms with van der Waals surface area (Å²) in [6.45, 7) is 7.20. The van der Waals surface area contributed by atoms with E-state index in [2.05, 4.69) is 19.2 Å². The van der Waals surface area contributed by atoms with Crippen molar-refractivity contribution in [3.8, 4) is 0 Å². The fourth-order valence-corrected chi connectivity index (χ4v) is 5.16. The van der Waals surface area contributed by atoms with Gasteiger partial charge in [0.15, 0.2) is 0 Å². The van der Waals surface area contributed by atoms with E-state index in [-0.39, 0.29) is 6.04 Å². The standard InChI is InChI=1S/C13H22N2O2S2/c1-4-15(11-5-6-11)19(16,17)13-7-8-18-12(13)9-14-10(2)3/h7-8,10-11,14H,4-6,9H2,1-3H3. The third-order valence-corrected chi connectivity index (χ3v) is 6.39. The van der Waals surface area contributed by atoms with Gasteiger partial charge in [0.2, 0.25) is 10.0 Å². The van der Waals surface area contributed by atoms with E-state index in [1.165, 1.54) is 11.3 Å². The van der Waals surface area contributed by atoms with Crippen LogP contribution in [0.1, 0.15) is 38.5 Å². The molecule has 1 N–H and O–H groups in total. The van der Waals surface area contributed by atoms with Gasteiger partial charge in [0.1, 0.15) is 0 Å². The topological polar surface area (TPSA) is 49.4 Å². The Balaban J connectivity index is 2.22. The molecule has 0 amide bonds. The number of hydrogen-bond acceptors (Lipinski definition) is 4. The van der Waals surface area contributed by atoms with Crippen LogP contribution in [0.15, 0.2) is 16.3 Å². The van der Waals surface area contributed by atoms with Gasteiger partial charge in [-0.05, 0) is 24.3 Å². The van der Waals surface area contributed by atoms with Crippen molar-refractivity contribution in [3.05, 3.63) is 16.3 Å². The molecule has 0 aliphatic heterocycles. The molecule has 0 aromatic carbocycles. The van der Waals surface area contributed by atoms with Crippen LogP contribution in [0.2, 0.25) is 0 Å². The molecule has 2 rings (SSSR count). The summed E-state index contributed by atoms with van der Waals surface area (Å²) in [5.41, 5.74) is 0. The summed E-state index contributed by atoms with van der Waals surface area (Å²) in [4.78, 5) is 1.40. The molecular weight excluding hydrogens is 280 g/mol. The molecule has 0 atom stereocenters. The van der Waals surface area contributed by atoms with E-state index in [0.29, 0.717) is 24.0 Å². The van der Waals surface area contributed by atoms with Gasteiger partial charge in [0.25, 0.3) is 0 Å². The maximum atomic E-state index is 12.7. The molecule has 0 unspecified atom stereocenters. The van der Waals surface area contributed by atoms with Crippen molar-refractivity contribution in [2.24, 2.45) is 0 Å². The van der Waals surface area contributed by atoms with Crippen LogP contribution in [-0.2, 0) is 16.6 Å². The van der Waals surface area contributed by atoms with Crippen LogP contribution >= 0.6 is 11.3 Å². The lowest BCUT2D eigenvalue weighted by atomic mass is 10.4. The molecule has 1 fully saturated rings. The summed E-state index contributed by atoms with van der Waals surface area (Å²) in [5.74, 6) is 0. The molecule has 6 heteroatoms. The first-order valence-corrected chi connectivity index (χ1v) is 9.10. The summed E-state index contributed by atoms with van der Waals surface area (Å²) in [7, 11) is -3.32. The Bertz CT molecular complexity index is 519. The van der Waals surface area contributed by atoms with Crippen molar-refractivity contribution in [1.29, 1.82) is 0 Å². The first-order valence-electron chi connectivity index (χ1n) is 6.78. The third-order valence-electron chi connectivity index (χ3n) is 3.23. The molecule has 1 saturated carbocycles. The fourth-order valence-electron chi connectivity index (χ4n) is 2.10. The number of rotatable bonds is 7. The molecule has 1 aromatic heterocycles. The maximum Gasteiger partial charge on any atom is 0.244 e. The SMILES string of the molecule is CCN(C1CC1)S(=O)(=O)c1ccsc1CNC(C)C. The van der Waals surface area contributed by atoms with Crippen LogP contribution in [0.25, 0.3) is 0 Å². The summed E-state index contributed by atoms with van der Waals surface area (Å²) in [6, 6.07) is 2.31.